The number of benzene rings is 1. The molecule has 0 aliphatic heterocycles. The average Bonchev–Trinajstić information content (AvgIpc) is 3.15. The molecule has 1 amide bonds. The first kappa shape index (κ1) is 16.1. The molecule has 24 heavy (non-hydrogen) atoms. The SMILES string of the molecule is Cc1csc(-c2nonc2NC(=O)c2ccc(C(F)(F)F)cc2)n1. The van der Waals surface area contributed by atoms with E-state index in [9.17, 15) is 18.0 Å². The van der Waals surface area contributed by atoms with Crippen molar-refractivity contribution >= 4 is 23.1 Å². The van der Waals surface area contributed by atoms with Gasteiger partial charge in [0.2, 0.25) is 5.82 Å². The maximum absolute atomic E-state index is 12.5. The third kappa shape index (κ3) is 3.27. The Hall–Kier alpha value is -2.75. The Morgan fingerprint density at radius 3 is 2.50 bits per heavy atom. The molecule has 0 saturated carbocycles. The van der Waals surface area contributed by atoms with E-state index < -0.39 is 17.6 Å². The summed E-state index contributed by atoms with van der Waals surface area (Å²) < 4.78 is 42.2. The van der Waals surface area contributed by atoms with Crippen molar-refractivity contribution in [3.05, 3.63) is 46.5 Å². The van der Waals surface area contributed by atoms with Gasteiger partial charge in [-0.25, -0.2) is 9.61 Å². The van der Waals surface area contributed by atoms with Crippen LogP contribution in [0.3, 0.4) is 0 Å². The molecular weight excluding hydrogens is 345 g/mol. The second-order valence-corrected chi connectivity index (χ2v) is 5.64. The van der Waals surface area contributed by atoms with Crippen molar-refractivity contribution in [1.82, 2.24) is 15.3 Å². The van der Waals surface area contributed by atoms with Crippen LogP contribution in [0.5, 0.6) is 0 Å². The number of amides is 1. The highest BCUT2D eigenvalue weighted by atomic mass is 32.1. The van der Waals surface area contributed by atoms with E-state index in [-0.39, 0.29) is 17.1 Å². The van der Waals surface area contributed by atoms with Gasteiger partial charge in [-0.15, -0.1) is 11.3 Å². The first-order valence-electron chi connectivity index (χ1n) is 6.58. The molecule has 6 nitrogen and oxygen atoms in total. The Bertz CT molecular complexity index is 871. The van der Waals surface area contributed by atoms with Crippen molar-refractivity contribution in [3.63, 3.8) is 0 Å². The standard InChI is InChI=1S/C14H9F3N4O2S/c1-7-6-24-13(18-7)10-11(21-23-20-10)19-12(22)8-2-4-9(5-3-8)14(15,16)17/h2-6H,1H3,(H,19,21,22). The van der Waals surface area contributed by atoms with Gasteiger partial charge in [-0.1, -0.05) is 0 Å². The summed E-state index contributed by atoms with van der Waals surface area (Å²) in [6.45, 7) is 1.80. The highest BCUT2D eigenvalue weighted by Gasteiger charge is 2.30. The zero-order chi connectivity index (χ0) is 17.3. The summed E-state index contributed by atoms with van der Waals surface area (Å²) in [7, 11) is 0. The fourth-order valence-corrected chi connectivity index (χ4v) is 2.64. The zero-order valence-corrected chi connectivity index (χ0v) is 12.9. The van der Waals surface area contributed by atoms with Gasteiger partial charge in [0.05, 0.1) is 5.56 Å². The van der Waals surface area contributed by atoms with E-state index in [0.29, 0.717) is 5.01 Å². The molecule has 2 aromatic heterocycles. The number of alkyl halides is 3. The molecule has 0 aliphatic rings. The van der Waals surface area contributed by atoms with Crippen LogP contribution < -0.4 is 5.32 Å². The Labute approximate surface area is 137 Å². The van der Waals surface area contributed by atoms with Crippen LogP contribution in [0, 0.1) is 6.92 Å². The molecular formula is C14H9F3N4O2S. The molecule has 3 aromatic rings. The number of aromatic nitrogens is 3. The van der Waals surface area contributed by atoms with Crippen LogP contribution in [-0.2, 0) is 6.18 Å². The van der Waals surface area contributed by atoms with Crippen molar-refractivity contribution in [3.8, 4) is 10.7 Å². The maximum Gasteiger partial charge on any atom is 0.416 e. The fraction of sp³-hybridized carbons (Fsp3) is 0.143. The van der Waals surface area contributed by atoms with Crippen LogP contribution in [0.1, 0.15) is 21.6 Å². The summed E-state index contributed by atoms with van der Waals surface area (Å²) in [6, 6.07) is 3.83. The number of aryl methyl sites for hydroxylation is 1. The largest absolute Gasteiger partial charge is 0.416 e. The van der Waals surface area contributed by atoms with Crippen molar-refractivity contribution in [2.75, 3.05) is 5.32 Å². The van der Waals surface area contributed by atoms with Gasteiger partial charge < -0.3 is 5.32 Å². The first-order valence-corrected chi connectivity index (χ1v) is 7.46. The summed E-state index contributed by atoms with van der Waals surface area (Å²) in [5.41, 5.74) is 0.250. The minimum absolute atomic E-state index is 0.0484. The number of nitrogens with zero attached hydrogens (tertiary/aromatic N) is 3. The number of hydrogen-bond acceptors (Lipinski definition) is 6. The Balaban J connectivity index is 1.80. The number of thiazole rings is 1. The van der Waals surface area contributed by atoms with E-state index in [1.807, 2.05) is 0 Å². The second kappa shape index (κ2) is 6.04. The van der Waals surface area contributed by atoms with E-state index in [0.717, 1.165) is 30.0 Å². The monoisotopic (exact) mass is 354 g/mol. The van der Waals surface area contributed by atoms with Gasteiger partial charge in [0.25, 0.3) is 5.91 Å². The minimum Gasteiger partial charge on any atom is -0.302 e. The Morgan fingerprint density at radius 1 is 1.21 bits per heavy atom. The van der Waals surface area contributed by atoms with Crippen molar-refractivity contribution in [1.29, 1.82) is 0 Å². The Kier molecular flexibility index (Phi) is 4.06. The third-order valence-corrected chi connectivity index (χ3v) is 3.98. The van der Waals surface area contributed by atoms with Crippen LogP contribution in [-0.4, -0.2) is 21.2 Å². The lowest BCUT2D eigenvalue weighted by atomic mass is 10.1. The number of nitrogens with one attached hydrogen (secondary N) is 1. The molecule has 124 valence electrons. The maximum atomic E-state index is 12.5. The van der Waals surface area contributed by atoms with Crippen LogP contribution in [0.4, 0.5) is 19.0 Å². The second-order valence-electron chi connectivity index (χ2n) is 4.78. The normalized spacial score (nSPS) is 11.5. The number of halogens is 3. The number of carbonyl (C=O) groups excluding carboxylic acids is 1. The zero-order valence-electron chi connectivity index (χ0n) is 12.1. The van der Waals surface area contributed by atoms with Crippen LogP contribution in [0.2, 0.25) is 0 Å². The van der Waals surface area contributed by atoms with Gasteiger partial charge in [-0.05, 0) is 41.5 Å². The van der Waals surface area contributed by atoms with Crippen LogP contribution in [0.25, 0.3) is 10.7 Å². The minimum atomic E-state index is -4.46. The third-order valence-electron chi connectivity index (χ3n) is 3.02. The molecule has 2 heterocycles. The predicted molar refractivity (Wildman–Crippen MR) is 79.5 cm³/mol. The predicted octanol–water partition coefficient (Wildman–Crippen LogP) is 3.77. The molecule has 0 saturated heterocycles. The average molecular weight is 354 g/mol. The van der Waals surface area contributed by atoms with Gasteiger partial charge in [-0.3, -0.25) is 4.79 Å². The molecule has 0 bridgehead atoms. The van der Waals surface area contributed by atoms with Crippen molar-refractivity contribution in [2.24, 2.45) is 0 Å². The first-order chi connectivity index (χ1) is 11.3. The summed E-state index contributed by atoms with van der Waals surface area (Å²) >= 11 is 1.30. The van der Waals surface area contributed by atoms with Crippen LogP contribution in [0.15, 0.2) is 34.3 Å². The molecule has 0 spiro atoms. The van der Waals surface area contributed by atoms with E-state index in [1.54, 1.807) is 12.3 Å². The number of carbonyl (C=O) groups is 1. The number of hydrogen-bond donors (Lipinski definition) is 1. The summed E-state index contributed by atoms with van der Waals surface area (Å²) in [5.74, 6) is -0.580. The van der Waals surface area contributed by atoms with E-state index in [4.69, 9.17) is 0 Å². The van der Waals surface area contributed by atoms with E-state index >= 15 is 0 Å². The molecule has 1 N–H and O–H groups in total. The lowest BCUT2D eigenvalue weighted by molar-refractivity contribution is -0.137. The molecule has 1 aromatic carbocycles. The quantitative estimate of drug-likeness (QED) is 0.774. The van der Waals surface area contributed by atoms with Crippen LogP contribution >= 0.6 is 11.3 Å². The highest BCUT2D eigenvalue weighted by molar-refractivity contribution is 7.13. The number of anilines is 1. The van der Waals surface area contributed by atoms with E-state index in [2.05, 4.69) is 25.2 Å². The van der Waals surface area contributed by atoms with Gasteiger partial charge in [-0.2, -0.15) is 13.2 Å². The topological polar surface area (TPSA) is 80.9 Å². The van der Waals surface area contributed by atoms with Crippen molar-refractivity contribution in [2.45, 2.75) is 13.1 Å². The molecule has 0 aliphatic carbocycles. The molecule has 0 fully saturated rings. The molecule has 0 unspecified atom stereocenters. The summed E-state index contributed by atoms with van der Waals surface area (Å²) in [5, 5.41) is 12.0. The molecule has 3 rings (SSSR count). The molecule has 10 heteroatoms. The fourth-order valence-electron chi connectivity index (χ4n) is 1.86. The summed E-state index contributed by atoms with van der Waals surface area (Å²) in [4.78, 5) is 16.4. The molecule has 0 radical (unpaired) electrons. The van der Waals surface area contributed by atoms with Gasteiger partial charge in [0, 0.05) is 16.6 Å². The Morgan fingerprint density at radius 2 is 1.92 bits per heavy atom. The molecule has 0 atom stereocenters. The highest BCUT2D eigenvalue weighted by Crippen LogP contribution is 2.30. The van der Waals surface area contributed by atoms with Gasteiger partial charge >= 0.3 is 6.18 Å². The smallest absolute Gasteiger partial charge is 0.302 e. The lowest BCUT2D eigenvalue weighted by Crippen LogP contribution is -2.13. The lowest BCUT2D eigenvalue weighted by Gasteiger charge is -2.07. The van der Waals surface area contributed by atoms with Gasteiger partial charge in [0.1, 0.15) is 5.01 Å². The van der Waals surface area contributed by atoms with Crippen molar-refractivity contribution < 1.29 is 22.6 Å². The van der Waals surface area contributed by atoms with Gasteiger partial charge in [0.15, 0.2) is 5.69 Å². The summed E-state index contributed by atoms with van der Waals surface area (Å²) in [6.07, 6.45) is -4.46. The van der Waals surface area contributed by atoms with E-state index in [1.165, 1.54) is 11.3 Å². The number of rotatable bonds is 3.